The molecule has 2 aromatic heterocycles. The Morgan fingerprint density at radius 3 is 2.89 bits per heavy atom. The molecule has 4 N–H and O–H groups in total. The third-order valence-electron chi connectivity index (χ3n) is 2.85. The van der Waals surface area contributed by atoms with E-state index in [4.69, 9.17) is 5.73 Å². The Balaban J connectivity index is 2.12. The van der Waals surface area contributed by atoms with E-state index in [-0.39, 0.29) is 18.0 Å². The molecule has 102 valence electrons. The van der Waals surface area contributed by atoms with Gasteiger partial charge in [0.2, 0.25) is 10.0 Å². The number of aromatic amines is 1. The molecule has 0 saturated heterocycles. The Bertz CT molecular complexity index is 664. The molecule has 0 amide bonds. The van der Waals surface area contributed by atoms with Gasteiger partial charge < -0.3 is 10.7 Å². The number of H-pyrrole nitrogens is 1. The summed E-state index contributed by atoms with van der Waals surface area (Å²) in [6.45, 7) is 2.40. The zero-order valence-corrected chi connectivity index (χ0v) is 11.4. The van der Waals surface area contributed by atoms with E-state index in [1.54, 1.807) is 12.4 Å². The minimum atomic E-state index is -3.53. The Hall–Kier alpha value is -1.70. The minimum absolute atomic E-state index is 0.189. The highest BCUT2D eigenvalue weighted by Gasteiger charge is 2.15. The molecule has 2 aromatic rings. The summed E-state index contributed by atoms with van der Waals surface area (Å²) < 4.78 is 26.6. The number of nitrogens with zero attached hydrogens (tertiary/aromatic N) is 1. The van der Waals surface area contributed by atoms with E-state index in [1.165, 1.54) is 12.3 Å². The summed E-state index contributed by atoms with van der Waals surface area (Å²) in [7, 11) is -3.53. The number of nitrogens with two attached hydrogens (primary N) is 1. The fourth-order valence-electron chi connectivity index (χ4n) is 1.63. The van der Waals surface area contributed by atoms with Gasteiger partial charge in [-0.3, -0.25) is 4.98 Å². The smallest absolute Gasteiger partial charge is 0.242 e. The number of aryl methyl sites for hydroxylation is 1. The van der Waals surface area contributed by atoms with Gasteiger partial charge in [-0.25, -0.2) is 13.1 Å². The van der Waals surface area contributed by atoms with Crippen molar-refractivity contribution in [1.82, 2.24) is 14.7 Å². The number of pyridine rings is 1. The predicted octanol–water partition coefficient (Wildman–Crippen LogP) is 0.655. The third kappa shape index (κ3) is 3.19. The lowest BCUT2D eigenvalue weighted by Gasteiger charge is -2.06. The first-order chi connectivity index (χ1) is 9.03. The first-order valence-corrected chi connectivity index (χ1v) is 7.28. The lowest BCUT2D eigenvalue weighted by molar-refractivity contribution is 0.581. The number of rotatable bonds is 5. The van der Waals surface area contributed by atoms with E-state index >= 15 is 0 Å². The maximum Gasteiger partial charge on any atom is 0.242 e. The van der Waals surface area contributed by atoms with Gasteiger partial charge in [0.1, 0.15) is 0 Å². The van der Waals surface area contributed by atoms with Gasteiger partial charge in [0.25, 0.3) is 0 Å². The van der Waals surface area contributed by atoms with E-state index in [1.807, 2.05) is 13.0 Å². The lowest BCUT2D eigenvalue weighted by Crippen LogP contribution is -2.23. The minimum Gasteiger partial charge on any atom is -0.363 e. The molecule has 19 heavy (non-hydrogen) atoms. The first-order valence-electron chi connectivity index (χ1n) is 5.79. The van der Waals surface area contributed by atoms with Crippen LogP contribution in [0.25, 0.3) is 0 Å². The van der Waals surface area contributed by atoms with Crippen LogP contribution in [0.15, 0.2) is 35.6 Å². The van der Waals surface area contributed by atoms with E-state index in [0.717, 1.165) is 11.1 Å². The van der Waals surface area contributed by atoms with Gasteiger partial charge in [0.15, 0.2) is 0 Å². The van der Waals surface area contributed by atoms with Crippen LogP contribution in [0.5, 0.6) is 0 Å². The summed E-state index contributed by atoms with van der Waals surface area (Å²) in [6.07, 6.45) is 4.76. The van der Waals surface area contributed by atoms with Gasteiger partial charge in [-0.1, -0.05) is 0 Å². The third-order valence-corrected chi connectivity index (χ3v) is 4.23. The summed E-state index contributed by atoms with van der Waals surface area (Å²) in [6, 6.07) is 3.37. The maximum atomic E-state index is 12.1. The SMILES string of the molecule is Cc1ccncc1CNS(=O)(=O)c1c[nH]c(CN)c1. The molecular formula is C12H16N4O2S. The van der Waals surface area contributed by atoms with Crippen molar-refractivity contribution in [3.8, 4) is 0 Å². The first kappa shape index (κ1) is 13.7. The van der Waals surface area contributed by atoms with Crippen LogP contribution in [0.3, 0.4) is 0 Å². The molecule has 6 nitrogen and oxygen atoms in total. The molecule has 0 unspecified atom stereocenters. The molecule has 0 saturated carbocycles. The van der Waals surface area contributed by atoms with Crippen LogP contribution >= 0.6 is 0 Å². The van der Waals surface area contributed by atoms with Crippen molar-refractivity contribution in [2.45, 2.75) is 24.9 Å². The van der Waals surface area contributed by atoms with Gasteiger partial charge in [0.05, 0.1) is 4.90 Å². The quantitative estimate of drug-likeness (QED) is 0.748. The molecule has 0 aliphatic carbocycles. The number of hydrogen-bond acceptors (Lipinski definition) is 4. The monoisotopic (exact) mass is 280 g/mol. The molecule has 0 atom stereocenters. The average molecular weight is 280 g/mol. The highest BCUT2D eigenvalue weighted by atomic mass is 32.2. The number of aromatic nitrogens is 2. The molecule has 0 radical (unpaired) electrons. The Labute approximate surface area is 112 Å². The molecule has 0 bridgehead atoms. The van der Waals surface area contributed by atoms with Gasteiger partial charge in [-0.15, -0.1) is 0 Å². The van der Waals surface area contributed by atoms with Crippen LogP contribution in [0, 0.1) is 6.92 Å². The van der Waals surface area contributed by atoms with Gasteiger partial charge in [-0.2, -0.15) is 0 Å². The van der Waals surface area contributed by atoms with Crippen molar-refractivity contribution in [2.24, 2.45) is 5.73 Å². The largest absolute Gasteiger partial charge is 0.363 e. The summed E-state index contributed by atoms with van der Waals surface area (Å²) in [5.74, 6) is 0. The molecule has 7 heteroatoms. The van der Waals surface area contributed by atoms with Crippen molar-refractivity contribution in [1.29, 1.82) is 0 Å². The van der Waals surface area contributed by atoms with Gasteiger partial charge in [-0.05, 0) is 30.2 Å². The fraction of sp³-hybridized carbons (Fsp3) is 0.250. The van der Waals surface area contributed by atoms with Crippen LogP contribution < -0.4 is 10.5 Å². The maximum absolute atomic E-state index is 12.1. The summed E-state index contributed by atoms with van der Waals surface area (Å²) in [5.41, 5.74) is 7.96. The topological polar surface area (TPSA) is 101 Å². The number of sulfonamides is 1. The Kier molecular flexibility index (Phi) is 3.98. The van der Waals surface area contributed by atoms with E-state index in [9.17, 15) is 8.42 Å². The highest BCUT2D eigenvalue weighted by Crippen LogP contribution is 2.12. The summed E-state index contributed by atoms with van der Waals surface area (Å²) in [5, 5.41) is 0. The zero-order chi connectivity index (χ0) is 13.9. The predicted molar refractivity (Wildman–Crippen MR) is 71.7 cm³/mol. The van der Waals surface area contributed by atoms with Crippen LogP contribution in [0.4, 0.5) is 0 Å². The average Bonchev–Trinajstić information content (AvgIpc) is 2.87. The van der Waals surface area contributed by atoms with E-state index in [2.05, 4.69) is 14.7 Å². The van der Waals surface area contributed by atoms with Crippen molar-refractivity contribution in [3.05, 3.63) is 47.5 Å². The van der Waals surface area contributed by atoms with Crippen LogP contribution in [-0.2, 0) is 23.1 Å². The summed E-state index contributed by atoms with van der Waals surface area (Å²) in [4.78, 5) is 6.98. The van der Waals surface area contributed by atoms with E-state index in [0.29, 0.717) is 5.69 Å². The van der Waals surface area contributed by atoms with Crippen LogP contribution in [0.2, 0.25) is 0 Å². The second kappa shape index (κ2) is 5.52. The Morgan fingerprint density at radius 1 is 1.47 bits per heavy atom. The van der Waals surface area contributed by atoms with Gasteiger partial charge >= 0.3 is 0 Å². The second-order valence-corrected chi connectivity index (χ2v) is 5.96. The fourth-order valence-corrected chi connectivity index (χ4v) is 2.65. The van der Waals surface area contributed by atoms with Gasteiger partial charge in [0, 0.05) is 37.4 Å². The lowest BCUT2D eigenvalue weighted by atomic mass is 10.2. The second-order valence-electron chi connectivity index (χ2n) is 4.19. The molecule has 0 spiro atoms. The molecule has 0 aliphatic heterocycles. The molecule has 0 aromatic carbocycles. The van der Waals surface area contributed by atoms with Crippen LogP contribution in [-0.4, -0.2) is 18.4 Å². The van der Waals surface area contributed by atoms with Crippen molar-refractivity contribution >= 4 is 10.0 Å². The Morgan fingerprint density at radius 2 is 2.26 bits per heavy atom. The molecular weight excluding hydrogens is 264 g/mol. The van der Waals surface area contributed by atoms with Crippen molar-refractivity contribution in [3.63, 3.8) is 0 Å². The molecule has 2 heterocycles. The van der Waals surface area contributed by atoms with E-state index < -0.39 is 10.0 Å². The van der Waals surface area contributed by atoms with Crippen LogP contribution in [0.1, 0.15) is 16.8 Å². The molecule has 0 fully saturated rings. The number of nitrogens with one attached hydrogen (secondary N) is 2. The summed E-state index contributed by atoms with van der Waals surface area (Å²) >= 11 is 0. The zero-order valence-electron chi connectivity index (χ0n) is 10.6. The molecule has 0 aliphatic rings. The normalized spacial score (nSPS) is 11.7. The standard InChI is InChI=1S/C12H16N4O2S/c1-9-2-3-14-6-10(9)7-16-19(17,18)12-4-11(5-13)15-8-12/h2-4,6,8,15-16H,5,7,13H2,1H3. The van der Waals surface area contributed by atoms with Crippen molar-refractivity contribution in [2.75, 3.05) is 0 Å². The van der Waals surface area contributed by atoms with Crippen molar-refractivity contribution < 1.29 is 8.42 Å². The number of hydrogen-bond donors (Lipinski definition) is 3. The molecule has 2 rings (SSSR count). The highest BCUT2D eigenvalue weighted by molar-refractivity contribution is 7.89.